The number of nitrogens with zero attached hydrogens (tertiary/aromatic N) is 2. The molecule has 0 aliphatic heterocycles. The summed E-state index contributed by atoms with van der Waals surface area (Å²) < 4.78 is 13.3. The molecule has 0 aliphatic rings. The number of benzene rings is 1. The molecule has 25 heavy (non-hydrogen) atoms. The van der Waals surface area contributed by atoms with E-state index in [2.05, 4.69) is 20.8 Å². The van der Waals surface area contributed by atoms with E-state index >= 15 is 0 Å². The number of thiazole rings is 1. The molecule has 126 valence electrons. The molecule has 2 aromatic heterocycles. The van der Waals surface area contributed by atoms with Crippen LogP contribution in [0.5, 0.6) is 0 Å². The second-order valence-corrected chi connectivity index (χ2v) is 5.93. The van der Waals surface area contributed by atoms with E-state index < -0.39 is 11.8 Å². The van der Waals surface area contributed by atoms with Crippen LogP contribution in [0.4, 0.5) is 4.39 Å². The fourth-order valence-corrected chi connectivity index (χ4v) is 2.86. The number of pyridine rings is 1. The molecule has 0 spiro atoms. The lowest BCUT2D eigenvalue weighted by molar-refractivity contribution is -0.121. The Morgan fingerprint density at radius 1 is 1.16 bits per heavy atom. The van der Waals surface area contributed by atoms with Crippen LogP contribution in [0.15, 0.2) is 54.2 Å². The molecule has 0 fully saturated rings. The second kappa shape index (κ2) is 7.63. The van der Waals surface area contributed by atoms with Gasteiger partial charge in [0.15, 0.2) is 0 Å². The van der Waals surface area contributed by atoms with Gasteiger partial charge in [0, 0.05) is 23.3 Å². The fraction of sp³-hybridized carbons (Fsp3) is 0.0588. The van der Waals surface area contributed by atoms with Crippen LogP contribution < -0.4 is 10.9 Å². The lowest BCUT2D eigenvalue weighted by Crippen LogP contribution is -2.42. The highest BCUT2D eigenvalue weighted by molar-refractivity contribution is 7.13. The number of amides is 2. The van der Waals surface area contributed by atoms with Crippen molar-refractivity contribution in [3.8, 4) is 10.6 Å². The van der Waals surface area contributed by atoms with Gasteiger partial charge < -0.3 is 0 Å². The molecule has 3 aromatic rings. The van der Waals surface area contributed by atoms with E-state index in [4.69, 9.17) is 0 Å². The Balaban J connectivity index is 1.56. The van der Waals surface area contributed by atoms with Gasteiger partial charge in [-0.15, -0.1) is 11.3 Å². The number of nitrogens with one attached hydrogen (secondary N) is 2. The molecule has 2 amide bonds. The number of rotatable bonds is 4. The first-order valence-corrected chi connectivity index (χ1v) is 8.19. The number of halogens is 1. The van der Waals surface area contributed by atoms with Gasteiger partial charge in [-0.3, -0.25) is 25.4 Å². The summed E-state index contributed by atoms with van der Waals surface area (Å²) in [5, 5.41) is 2.35. The van der Waals surface area contributed by atoms with Gasteiger partial charge in [0.1, 0.15) is 10.8 Å². The summed E-state index contributed by atoms with van der Waals surface area (Å²) in [7, 11) is 0. The predicted molar refractivity (Wildman–Crippen MR) is 91.1 cm³/mol. The van der Waals surface area contributed by atoms with Crippen LogP contribution in [0.2, 0.25) is 0 Å². The minimum Gasteiger partial charge on any atom is -0.273 e. The lowest BCUT2D eigenvalue weighted by atomic mass is 10.2. The van der Waals surface area contributed by atoms with Crippen LogP contribution in [-0.4, -0.2) is 21.8 Å². The summed E-state index contributed by atoms with van der Waals surface area (Å²) in [5.41, 5.74) is 6.17. The Bertz CT molecular complexity index is 898. The van der Waals surface area contributed by atoms with E-state index in [1.165, 1.54) is 29.7 Å². The van der Waals surface area contributed by atoms with Crippen LogP contribution in [0.25, 0.3) is 10.6 Å². The van der Waals surface area contributed by atoms with Gasteiger partial charge in [-0.1, -0.05) is 12.1 Å². The summed E-state index contributed by atoms with van der Waals surface area (Å²) in [6, 6.07) is 9.31. The van der Waals surface area contributed by atoms with Crippen molar-refractivity contribution in [1.29, 1.82) is 0 Å². The average Bonchev–Trinajstić information content (AvgIpc) is 3.09. The second-order valence-electron chi connectivity index (χ2n) is 5.08. The normalized spacial score (nSPS) is 10.3. The molecule has 0 bridgehead atoms. The molecule has 2 heterocycles. The highest BCUT2D eigenvalue weighted by Gasteiger charge is 2.11. The first-order valence-electron chi connectivity index (χ1n) is 7.31. The van der Waals surface area contributed by atoms with Gasteiger partial charge in [0.05, 0.1) is 17.7 Å². The van der Waals surface area contributed by atoms with Crippen LogP contribution in [-0.2, 0) is 11.2 Å². The van der Waals surface area contributed by atoms with Crippen LogP contribution >= 0.6 is 11.3 Å². The summed E-state index contributed by atoms with van der Waals surface area (Å²) in [5.74, 6) is -1.21. The number of aromatic nitrogens is 2. The highest BCUT2D eigenvalue weighted by Crippen LogP contribution is 2.24. The van der Waals surface area contributed by atoms with Gasteiger partial charge in [0.25, 0.3) is 5.91 Å². The molecule has 0 aliphatic carbocycles. The smallest absolute Gasteiger partial charge is 0.271 e. The largest absolute Gasteiger partial charge is 0.273 e. The third-order valence-corrected chi connectivity index (χ3v) is 4.14. The Morgan fingerprint density at radius 2 is 2.04 bits per heavy atom. The molecule has 0 radical (unpaired) electrons. The van der Waals surface area contributed by atoms with E-state index in [9.17, 15) is 14.0 Å². The summed E-state index contributed by atoms with van der Waals surface area (Å²) in [4.78, 5) is 31.9. The molecular weight excluding hydrogens is 343 g/mol. The van der Waals surface area contributed by atoms with Crippen molar-refractivity contribution >= 4 is 23.2 Å². The van der Waals surface area contributed by atoms with E-state index in [1.54, 1.807) is 35.8 Å². The Kier molecular flexibility index (Phi) is 5.10. The first-order chi connectivity index (χ1) is 12.1. The maximum absolute atomic E-state index is 13.3. The maximum Gasteiger partial charge on any atom is 0.271 e. The van der Waals surface area contributed by atoms with Crippen molar-refractivity contribution in [2.24, 2.45) is 0 Å². The third kappa shape index (κ3) is 4.45. The number of carbonyl (C=O) groups is 2. The molecule has 2 N–H and O–H groups in total. The topological polar surface area (TPSA) is 84.0 Å². The van der Waals surface area contributed by atoms with Crippen LogP contribution in [0.3, 0.4) is 0 Å². The molecule has 0 unspecified atom stereocenters. The number of hydrogen-bond acceptors (Lipinski definition) is 5. The standard InChI is InChI=1S/C17H13FN4O2S/c18-13-5-1-3-11(7-13)17-20-14(10-25-17)8-15(23)21-22-16(24)12-4-2-6-19-9-12/h1-7,9-10H,8H2,(H,21,23)(H,22,24). The minimum atomic E-state index is -0.458. The Hall–Kier alpha value is -3.13. The lowest BCUT2D eigenvalue weighted by Gasteiger charge is -2.06. The van der Waals surface area contributed by atoms with Crippen LogP contribution in [0, 0.1) is 5.82 Å². The van der Waals surface area contributed by atoms with Crippen molar-refractivity contribution in [2.45, 2.75) is 6.42 Å². The van der Waals surface area contributed by atoms with E-state index in [0.29, 0.717) is 21.8 Å². The molecule has 6 nitrogen and oxygen atoms in total. The average molecular weight is 356 g/mol. The highest BCUT2D eigenvalue weighted by atomic mass is 32.1. The van der Waals surface area contributed by atoms with Crippen molar-refractivity contribution in [3.05, 3.63) is 71.2 Å². The molecule has 3 rings (SSSR count). The molecule has 0 saturated carbocycles. The summed E-state index contributed by atoms with van der Waals surface area (Å²) in [6.45, 7) is 0. The fourth-order valence-electron chi connectivity index (χ4n) is 2.05. The van der Waals surface area contributed by atoms with E-state index in [1.807, 2.05) is 0 Å². The predicted octanol–water partition coefficient (Wildman–Crippen LogP) is 2.35. The number of hydrogen-bond donors (Lipinski definition) is 2. The van der Waals surface area contributed by atoms with E-state index in [0.717, 1.165) is 0 Å². The Morgan fingerprint density at radius 3 is 2.80 bits per heavy atom. The molecule has 0 saturated heterocycles. The van der Waals surface area contributed by atoms with Gasteiger partial charge in [-0.25, -0.2) is 9.37 Å². The molecule has 1 aromatic carbocycles. The number of carbonyl (C=O) groups excluding carboxylic acids is 2. The van der Waals surface area contributed by atoms with Gasteiger partial charge in [-0.05, 0) is 24.3 Å². The quantitative estimate of drug-likeness (QED) is 0.703. The number of hydrazine groups is 1. The molecule has 0 atom stereocenters. The third-order valence-electron chi connectivity index (χ3n) is 3.20. The van der Waals surface area contributed by atoms with Gasteiger partial charge >= 0.3 is 0 Å². The summed E-state index contributed by atoms with van der Waals surface area (Å²) in [6.07, 6.45) is 2.94. The van der Waals surface area contributed by atoms with Crippen molar-refractivity contribution < 1.29 is 14.0 Å². The monoisotopic (exact) mass is 356 g/mol. The van der Waals surface area contributed by atoms with Crippen LogP contribution in [0.1, 0.15) is 16.1 Å². The minimum absolute atomic E-state index is 0.000858. The zero-order chi connectivity index (χ0) is 17.6. The Labute approximate surface area is 146 Å². The summed E-state index contributed by atoms with van der Waals surface area (Å²) >= 11 is 1.32. The van der Waals surface area contributed by atoms with Gasteiger partial charge in [0.2, 0.25) is 5.91 Å². The first kappa shape index (κ1) is 16.7. The van der Waals surface area contributed by atoms with Crippen molar-refractivity contribution in [3.63, 3.8) is 0 Å². The van der Waals surface area contributed by atoms with Crippen molar-refractivity contribution in [2.75, 3.05) is 0 Å². The SMILES string of the molecule is O=C(Cc1csc(-c2cccc(F)c2)n1)NNC(=O)c1cccnc1. The maximum atomic E-state index is 13.3. The van der Waals surface area contributed by atoms with Gasteiger partial charge in [-0.2, -0.15) is 0 Å². The zero-order valence-corrected chi connectivity index (χ0v) is 13.7. The molecule has 8 heteroatoms. The van der Waals surface area contributed by atoms with E-state index in [-0.39, 0.29) is 12.2 Å². The molecular formula is C17H13FN4O2S. The van der Waals surface area contributed by atoms with Crippen molar-refractivity contribution in [1.82, 2.24) is 20.8 Å². The zero-order valence-electron chi connectivity index (χ0n) is 12.9.